The van der Waals surface area contributed by atoms with Gasteiger partial charge in [-0.05, 0) is 103 Å². The predicted octanol–water partition coefficient (Wildman–Crippen LogP) is 11.5. The first-order chi connectivity index (χ1) is 21.0. The van der Waals surface area contributed by atoms with Gasteiger partial charge in [0.05, 0.1) is 0 Å². The summed E-state index contributed by atoms with van der Waals surface area (Å²) in [4.78, 5) is 0. The molecule has 0 spiro atoms. The van der Waals surface area contributed by atoms with Crippen LogP contribution >= 0.6 is 0 Å². The minimum absolute atomic E-state index is 0.751. The van der Waals surface area contributed by atoms with E-state index in [1.54, 1.807) is 0 Å². The zero-order valence-electron chi connectivity index (χ0n) is 24.8. The summed E-state index contributed by atoms with van der Waals surface area (Å²) in [5.41, 5.74) is 18.5. The number of fused-ring (bicyclic) bond motifs is 2. The molecule has 0 radical (unpaired) electrons. The topological polar surface area (TPSA) is 26.0 Å². The van der Waals surface area contributed by atoms with Crippen LogP contribution < -0.4 is 5.73 Å². The average Bonchev–Trinajstić information content (AvgIpc) is 3.06. The SMILES string of the molecule is C=Cc1c(C=C)c(-c2cccc(-c3ccc(/C(N)=C/C=C\C)cc3)c2C)c2ccccc2c1-c1ccc2ccccc2c1. The molecule has 0 unspecified atom stereocenters. The first-order valence-electron chi connectivity index (χ1n) is 14.7. The molecule has 0 fully saturated rings. The largest absolute Gasteiger partial charge is 0.398 e. The van der Waals surface area contributed by atoms with Crippen LogP contribution in [-0.4, -0.2) is 0 Å². The first kappa shape index (κ1) is 27.8. The van der Waals surface area contributed by atoms with Crippen LogP contribution in [0.4, 0.5) is 0 Å². The highest BCUT2D eigenvalue weighted by atomic mass is 14.6. The fourth-order valence-electron chi connectivity index (χ4n) is 6.21. The van der Waals surface area contributed by atoms with Crippen LogP contribution in [0.3, 0.4) is 0 Å². The van der Waals surface area contributed by atoms with Gasteiger partial charge in [0.25, 0.3) is 0 Å². The molecule has 43 heavy (non-hydrogen) atoms. The number of hydrogen-bond donors (Lipinski definition) is 1. The van der Waals surface area contributed by atoms with E-state index in [0.717, 1.165) is 28.0 Å². The lowest BCUT2D eigenvalue weighted by Crippen LogP contribution is -1.98. The summed E-state index contributed by atoms with van der Waals surface area (Å²) in [6.07, 6.45) is 9.84. The molecule has 0 saturated carbocycles. The Bertz CT molecular complexity index is 2070. The van der Waals surface area contributed by atoms with E-state index in [4.69, 9.17) is 5.73 Å². The van der Waals surface area contributed by atoms with Gasteiger partial charge in [-0.25, -0.2) is 0 Å². The van der Waals surface area contributed by atoms with Crippen LogP contribution in [0, 0.1) is 6.92 Å². The Kier molecular flexibility index (Phi) is 7.64. The van der Waals surface area contributed by atoms with Crippen molar-refractivity contribution in [2.75, 3.05) is 0 Å². The maximum Gasteiger partial charge on any atom is 0.0387 e. The molecule has 0 aliphatic rings. The second-order valence-electron chi connectivity index (χ2n) is 10.8. The van der Waals surface area contributed by atoms with Gasteiger partial charge in [0.2, 0.25) is 0 Å². The smallest absolute Gasteiger partial charge is 0.0387 e. The van der Waals surface area contributed by atoms with E-state index in [-0.39, 0.29) is 0 Å². The lowest BCUT2D eigenvalue weighted by Gasteiger charge is -2.22. The highest BCUT2D eigenvalue weighted by molar-refractivity contribution is 6.12. The molecule has 2 N–H and O–H groups in total. The normalized spacial score (nSPS) is 11.8. The van der Waals surface area contributed by atoms with Gasteiger partial charge in [0.15, 0.2) is 0 Å². The minimum Gasteiger partial charge on any atom is -0.398 e. The molecule has 1 heteroatoms. The molecule has 208 valence electrons. The maximum atomic E-state index is 6.29. The summed E-state index contributed by atoms with van der Waals surface area (Å²) >= 11 is 0. The summed E-state index contributed by atoms with van der Waals surface area (Å²) < 4.78 is 0. The molecule has 6 rings (SSSR count). The summed E-state index contributed by atoms with van der Waals surface area (Å²) in [6.45, 7) is 12.8. The van der Waals surface area contributed by atoms with E-state index in [0.29, 0.717) is 0 Å². The van der Waals surface area contributed by atoms with Crippen molar-refractivity contribution in [2.24, 2.45) is 5.73 Å². The molecule has 0 amide bonds. The fraction of sp³-hybridized carbons (Fsp3) is 0.0476. The van der Waals surface area contributed by atoms with Gasteiger partial charge < -0.3 is 5.73 Å². The Morgan fingerprint density at radius 2 is 1.23 bits per heavy atom. The molecule has 0 saturated heterocycles. The second kappa shape index (κ2) is 11.8. The molecule has 6 aromatic carbocycles. The maximum absolute atomic E-state index is 6.29. The van der Waals surface area contributed by atoms with E-state index in [2.05, 4.69) is 129 Å². The van der Waals surface area contributed by atoms with Crippen molar-refractivity contribution in [1.29, 1.82) is 0 Å². The second-order valence-corrected chi connectivity index (χ2v) is 10.8. The Hall–Kier alpha value is -5.40. The minimum atomic E-state index is 0.751. The van der Waals surface area contributed by atoms with Gasteiger partial charge in [-0.15, -0.1) is 0 Å². The van der Waals surface area contributed by atoms with Crippen molar-refractivity contribution in [3.05, 3.63) is 163 Å². The van der Waals surface area contributed by atoms with Crippen LogP contribution in [0.1, 0.15) is 29.2 Å². The number of nitrogens with two attached hydrogens (primary N) is 1. The lowest BCUT2D eigenvalue weighted by molar-refractivity contribution is 1.44. The van der Waals surface area contributed by atoms with Crippen molar-refractivity contribution < 1.29 is 0 Å². The van der Waals surface area contributed by atoms with E-state index >= 15 is 0 Å². The average molecular weight is 554 g/mol. The zero-order valence-corrected chi connectivity index (χ0v) is 24.8. The van der Waals surface area contributed by atoms with E-state index in [1.807, 2.05) is 37.3 Å². The van der Waals surface area contributed by atoms with Crippen molar-refractivity contribution in [3.8, 4) is 33.4 Å². The lowest BCUT2D eigenvalue weighted by atomic mass is 9.81. The van der Waals surface area contributed by atoms with Gasteiger partial charge in [-0.3, -0.25) is 0 Å². The van der Waals surface area contributed by atoms with Crippen LogP contribution in [0.25, 0.3) is 72.8 Å². The van der Waals surface area contributed by atoms with Gasteiger partial charge in [-0.2, -0.15) is 0 Å². The number of allylic oxidation sites excluding steroid dienone is 3. The number of rotatable bonds is 7. The highest BCUT2D eigenvalue weighted by Gasteiger charge is 2.20. The van der Waals surface area contributed by atoms with Gasteiger partial charge in [-0.1, -0.05) is 141 Å². The Morgan fingerprint density at radius 1 is 0.628 bits per heavy atom. The van der Waals surface area contributed by atoms with Crippen molar-refractivity contribution in [3.63, 3.8) is 0 Å². The van der Waals surface area contributed by atoms with E-state index < -0.39 is 0 Å². The fourth-order valence-corrected chi connectivity index (χ4v) is 6.21. The quantitative estimate of drug-likeness (QED) is 0.196. The van der Waals surface area contributed by atoms with Crippen LogP contribution in [0.15, 0.2) is 141 Å². The molecule has 0 aliphatic heterocycles. The highest BCUT2D eigenvalue weighted by Crippen LogP contribution is 2.45. The summed E-state index contributed by atoms with van der Waals surface area (Å²) in [6, 6.07) is 39.0. The summed E-state index contributed by atoms with van der Waals surface area (Å²) in [7, 11) is 0. The number of benzene rings is 6. The third-order valence-corrected chi connectivity index (χ3v) is 8.34. The van der Waals surface area contributed by atoms with E-state index in [9.17, 15) is 0 Å². The molecule has 0 atom stereocenters. The third-order valence-electron chi connectivity index (χ3n) is 8.34. The van der Waals surface area contributed by atoms with Crippen LogP contribution in [0.5, 0.6) is 0 Å². The molecular weight excluding hydrogens is 518 g/mol. The summed E-state index contributed by atoms with van der Waals surface area (Å²) in [5, 5.41) is 4.85. The van der Waals surface area contributed by atoms with Crippen molar-refractivity contribution >= 4 is 39.4 Å². The third kappa shape index (κ3) is 5.00. The van der Waals surface area contributed by atoms with Crippen molar-refractivity contribution in [2.45, 2.75) is 13.8 Å². The van der Waals surface area contributed by atoms with Gasteiger partial charge in [0.1, 0.15) is 0 Å². The first-order valence-corrected chi connectivity index (χ1v) is 14.7. The monoisotopic (exact) mass is 553 g/mol. The molecule has 0 aromatic heterocycles. The molecule has 0 aliphatic carbocycles. The Balaban J connectivity index is 1.57. The molecule has 0 heterocycles. The van der Waals surface area contributed by atoms with Crippen LogP contribution in [0.2, 0.25) is 0 Å². The molecule has 0 bridgehead atoms. The molecule has 6 aromatic rings. The van der Waals surface area contributed by atoms with Gasteiger partial charge >= 0.3 is 0 Å². The van der Waals surface area contributed by atoms with Crippen molar-refractivity contribution in [1.82, 2.24) is 0 Å². The standard InChI is InChI=1S/C42H35N/c1-5-8-20-40(43)31-24-22-30(23-25-31)36-18-13-19-37(28(36)4)42-35(7-3)34(6-2)41(38-16-11-12-17-39(38)42)33-26-21-29-14-9-10-15-32(29)27-33/h5-27H,2-3,43H2,1,4H3/b8-5-,40-20-. The summed E-state index contributed by atoms with van der Waals surface area (Å²) in [5.74, 6) is 0. The molecule has 1 nitrogen and oxygen atoms in total. The van der Waals surface area contributed by atoms with Crippen LogP contribution in [-0.2, 0) is 0 Å². The Labute approximate surface area is 254 Å². The molecular formula is C42H35N. The predicted molar refractivity (Wildman–Crippen MR) is 190 cm³/mol. The van der Waals surface area contributed by atoms with E-state index in [1.165, 1.54) is 54.9 Å². The number of hydrogen-bond acceptors (Lipinski definition) is 1. The zero-order chi connectivity index (χ0) is 29.9. The van der Waals surface area contributed by atoms with Gasteiger partial charge in [0, 0.05) is 5.70 Å². The Morgan fingerprint density at radius 3 is 1.93 bits per heavy atom.